The Balaban J connectivity index is 1.95. The molecular formula is C13H10Br2N2OS. The van der Waals surface area contributed by atoms with E-state index in [0.717, 1.165) is 36.5 Å². The minimum atomic E-state index is 0.0416. The zero-order valence-corrected chi connectivity index (χ0v) is 13.8. The quantitative estimate of drug-likeness (QED) is 0.732. The SMILES string of the molecule is Nc1ccc2c(c1)CCN2C(=O)c1cc(Br)c(Br)s1. The molecule has 0 unspecified atom stereocenters. The molecular weight excluding hydrogens is 392 g/mol. The molecule has 1 aliphatic rings. The highest BCUT2D eigenvalue weighted by Gasteiger charge is 2.27. The van der Waals surface area contributed by atoms with Gasteiger partial charge in [-0.25, -0.2) is 0 Å². The van der Waals surface area contributed by atoms with E-state index in [2.05, 4.69) is 31.9 Å². The molecule has 0 saturated carbocycles. The highest BCUT2D eigenvalue weighted by Crippen LogP contribution is 2.36. The zero-order valence-electron chi connectivity index (χ0n) is 9.82. The Bertz CT molecular complexity index is 649. The van der Waals surface area contributed by atoms with E-state index < -0.39 is 0 Å². The molecule has 0 spiro atoms. The minimum absolute atomic E-state index is 0.0416. The summed E-state index contributed by atoms with van der Waals surface area (Å²) >= 11 is 8.27. The average molecular weight is 402 g/mol. The molecule has 1 aromatic carbocycles. The molecule has 0 radical (unpaired) electrons. The number of rotatable bonds is 1. The molecule has 0 saturated heterocycles. The van der Waals surface area contributed by atoms with Crippen LogP contribution in [0.15, 0.2) is 32.5 Å². The summed E-state index contributed by atoms with van der Waals surface area (Å²) in [7, 11) is 0. The van der Waals surface area contributed by atoms with Crippen molar-refractivity contribution in [2.45, 2.75) is 6.42 Å². The van der Waals surface area contributed by atoms with Crippen molar-refractivity contribution < 1.29 is 4.79 Å². The second-order valence-electron chi connectivity index (χ2n) is 4.33. The molecule has 0 atom stereocenters. The summed E-state index contributed by atoms with van der Waals surface area (Å²) in [6, 6.07) is 7.56. The third-order valence-corrected chi connectivity index (χ3v) is 6.34. The van der Waals surface area contributed by atoms with Gasteiger partial charge in [-0.05, 0) is 68.1 Å². The fourth-order valence-corrected chi connectivity index (χ4v) is 4.20. The maximum atomic E-state index is 12.5. The number of fused-ring (bicyclic) bond motifs is 1. The van der Waals surface area contributed by atoms with Gasteiger partial charge in [-0.15, -0.1) is 11.3 Å². The molecule has 1 aromatic heterocycles. The van der Waals surface area contributed by atoms with Gasteiger partial charge in [-0.3, -0.25) is 4.79 Å². The van der Waals surface area contributed by atoms with Crippen LogP contribution in [-0.4, -0.2) is 12.5 Å². The normalized spacial score (nSPS) is 13.7. The van der Waals surface area contributed by atoms with Crippen LogP contribution < -0.4 is 10.6 Å². The number of halogens is 2. The summed E-state index contributed by atoms with van der Waals surface area (Å²) in [6.45, 7) is 0.713. The summed E-state index contributed by atoms with van der Waals surface area (Å²) in [6.07, 6.45) is 0.861. The largest absolute Gasteiger partial charge is 0.399 e. The van der Waals surface area contributed by atoms with Gasteiger partial charge in [-0.1, -0.05) is 0 Å². The number of benzene rings is 1. The predicted molar refractivity (Wildman–Crippen MR) is 86.0 cm³/mol. The van der Waals surface area contributed by atoms with Crippen LogP contribution in [0.25, 0.3) is 0 Å². The number of amides is 1. The van der Waals surface area contributed by atoms with E-state index in [-0.39, 0.29) is 5.91 Å². The van der Waals surface area contributed by atoms with Gasteiger partial charge in [0, 0.05) is 22.4 Å². The number of nitrogen functional groups attached to an aromatic ring is 1. The van der Waals surface area contributed by atoms with Gasteiger partial charge in [0.2, 0.25) is 0 Å². The summed E-state index contributed by atoms with van der Waals surface area (Å²) in [4.78, 5) is 15.1. The third-order valence-electron chi connectivity index (χ3n) is 3.10. The van der Waals surface area contributed by atoms with Crippen molar-refractivity contribution in [2.24, 2.45) is 0 Å². The second kappa shape index (κ2) is 4.92. The van der Waals surface area contributed by atoms with Crippen molar-refractivity contribution in [3.63, 3.8) is 0 Å². The average Bonchev–Trinajstić information content (AvgIpc) is 2.93. The van der Waals surface area contributed by atoms with E-state index in [9.17, 15) is 4.79 Å². The number of nitrogens with zero attached hydrogens (tertiary/aromatic N) is 1. The Morgan fingerprint density at radius 1 is 1.32 bits per heavy atom. The first-order chi connectivity index (χ1) is 9.06. The number of nitrogens with two attached hydrogens (primary N) is 1. The molecule has 2 N–H and O–H groups in total. The van der Waals surface area contributed by atoms with Gasteiger partial charge in [0.05, 0.1) is 8.66 Å². The van der Waals surface area contributed by atoms with Gasteiger partial charge in [-0.2, -0.15) is 0 Å². The van der Waals surface area contributed by atoms with Crippen LogP contribution in [0.1, 0.15) is 15.2 Å². The highest BCUT2D eigenvalue weighted by atomic mass is 79.9. The molecule has 19 heavy (non-hydrogen) atoms. The zero-order chi connectivity index (χ0) is 13.6. The van der Waals surface area contributed by atoms with Crippen molar-refractivity contribution in [1.82, 2.24) is 0 Å². The van der Waals surface area contributed by atoms with Crippen LogP contribution in [0, 0.1) is 0 Å². The van der Waals surface area contributed by atoms with E-state index in [1.54, 1.807) is 0 Å². The number of anilines is 2. The van der Waals surface area contributed by atoms with Crippen molar-refractivity contribution in [3.05, 3.63) is 43.0 Å². The summed E-state index contributed by atoms with van der Waals surface area (Å²) in [5.74, 6) is 0.0416. The molecule has 2 heterocycles. The van der Waals surface area contributed by atoms with Crippen LogP contribution >= 0.6 is 43.2 Å². The van der Waals surface area contributed by atoms with E-state index >= 15 is 0 Å². The number of carbonyl (C=O) groups is 1. The highest BCUT2D eigenvalue weighted by molar-refractivity contribution is 9.13. The van der Waals surface area contributed by atoms with E-state index in [1.807, 2.05) is 29.2 Å². The summed E-state index contributed by atoms with van der Waals surface area (Å²) in [5, 5.41) is 0. The van der Waals surface area contributed by atoms with E-state index in [1.165, 1.54) is 11.3 Å². The second-order valence-corrected chi connectivity index (χ2v) is 7.55. The maximum Gasteiger partial charge on any atom is 0.268 e. The van der Waals surface area contributed by atoms with Gasteiger partial charge >= 0.3 is 0 Å². The van der Waals surface area contributed by atoms with Crippen LogP contribution in [0.5, 0.6) is 0 Å². The van der Waals surface area contributed by atoms with Crippen molar-refractivity contribution in [3.8, 4) is 0 Å². The minimum Gasteiger partial charge on any atom is -0.399 e. The van der Waals surface area contributed by atoms with Crippen molar-refractivity contribution >= 4 is 60.5 Å². The fourth-order valence-electron chi connectivity index (χ4n) is 2.22. The molecule has 2 aromatic rings. The van der Waals surface area contributed by atoms with Crippen LogP contribution in [0.4, 0.5) is 11.4 Å². The number of hydrogen-bond donors (Lipinski definition) is 1. The van der Waals surface area contributed by atoms with Gasteiger partial charge in [0.15, 0.2) is 0 Å². The van der Waals surface area contributed by atoms with Gasteiger partial charge < -0.3 is 10.6 Å². The monoisotopic (exact) mass is 400 g/mol. The van der Waals surface area contributed by atoms with Gasteiger partial charge in [0.1, 0.15) is 0 Å². The first kappa shape index (κ1) is 13.1. The standard InChI is InChI=1S/C13H10Br2N2OS/c14-9-6-11(19-12(9)15)13(18)17-4-3-7-5-8(16)1-2-10(7)17/h1-2,5-6H,3-4,16H2. The molecule has 6 heteroatoms. The first-order valence-corrected chi connectivity index (χ1v) is 8.11. The Labute approximate surface area is 131 Å². The Hall–Kier alpha value is -0.850. The molecule has 0 bridgehead atoms. The van der Waals surface area contributed by atoms with E-state index in [4.69, 9.17) is 5.73 Å². The molecule has 0 aliphatic carbocycles. The maximum absolute atomic E-state index is 12.5. The Kier molecular flexibility index (Phi) is 3.41. The van der Waals surface area contributed by atoms with E-state index in [0.29, 0.717) is 6.54 Å². The van der Waals surface area contributed by atoms with Crippen LogP contribution in [-0.2, 0) is 6.42 Å². The topological polar surface area (TPSA) is 46.3 Å². The molecule has 3 rings (SSSR count). The number of hydrogen-bond acceptors (Lipinski definition) is 3. The molecule has 3 nitrogen and oxygen atoms in total. The van der Waals surface area contributed by atoms with Crippen molar-refractivity contribution in [2.75, 3.05) is 17.2 Å². The summed E-state index contributed by atoms with van der Waals surface area (Å²) in [5.41, 5.74) is 8.63. The third kappa shape index (κ3) is 2.32. The van der Waals surface area contributed by atoms with Crippen LogP contribution in [0.2, 0.25) is 0 Å². The van der Waals surface area contributed by atoms with Gasteiger partial charge in [0.25, 0.3) is 5.91 Å². The molecule has 0 fully saturated rings. The Morgan fingerprint density at radius 2 is 2.11 bits per heavy atom. The number of thiophene rings is 1. The van der Waals surface area contributed by atoms with Crippen molar-refractivity contribution in [1.29, 1.82) is 0 Å². The Morgan fingerprint density at radius 3 is 2.79 bits per heavy atom. The lowest BCUT2D eigenvalue weighted by atomic mass is 10.1. The lowest BCUT2D eigenvalue weighted by Crippen LogP contribution is -2.28. The molecule has 1 aliphatic heterocycles. The molecule has 1 amide bonds. The molecule has 98 valence electrons. The van der Waals surface area contributed by atoms with Crippen LogP contribution in [0.3, 0.4) is 0 Å². The smallest absolute Gasteiger partial charge is 0.268 e. The number of carbonyl (C=O) groups excluding carboxylic acids is 1. The summed E-state index contributed by atoms with van der Waals surface area (Å²) < 4.78 is 1.85. The predicted octanol–water partition coefficient (Wildman–Crippen LogP) is 4.06. The first-order valence-electron chi connectivity index (χ1n) is 5.71. The fraction of sp³-hybridized carbons (Fsp3) is 0.154. The lowest BCUT2D eigenvalue weighted by Gasteiger charge is -2.16. The lowest BCUT2D eigenvalue weighted by molar-refractivity contribution is 0.0993.